The molecule has 0 aromatic heterocycles. The maximum atomic E-state index is 2.31. The smallest absolute Gasteiger partial charge is 0.000959 e. The van der Waals surface area contributed by atoms with Crippen molar-refractivity contribution in [1.82, 2.24) is 9.80 Å². The van der Waals surface area contributed by atoms with Crippen molar-refractivity contribution in [3.8, 4) is 0 Å². The van der Waals surface area contributed by atoms with Crippen molar-refractivity contribution in [3.05, 3.63) is 0 Å². The fraction of sp³-hybridized carbons (Fsp3) is 1.00. The summed E-state index contributed by atoms with van der Waals surface area (Å²) in [5, 5.41) is 0. The molecule has 0 radical (unpaired) electrons. The van der Waals surface area contributed by atoms with E-state index in [0.717, 1.165) is 0 Å². The zero-order valence-corrected chi connectivity index (χ0v) is 7.14. The van der Waals surface area contributed by atoms with E-state index in [1.807, 2.05) is 0 Å². The zero-order valence-electron chi connectivity index (χ0n) is 7.14. The Balaban J connectivity index is 0.0000001000. The van der Waals surface area contributed by atoms with E-state index in [-0.39, 0.29) is 0 Å². The Labute approximate surface area is 63.8 Å². The molecule has 0 aromatic carbocycles. The fourth-order valence-corrected chi connectivity index (χ4v) is 0.949. The zero-order chi connectivity index (χ0) is 7.40. The van der Waals surface area contributed by atoms with E-state index in [4.69, 9.17) is 0 Å². The molecule has 2 fully saturated rings. The van der Waals surface area contributed by atoms with Crippen molar-refractivity contribution in [2.24, 2.45) is 0 Å². The van der Waals surface area contributed by atoms with Gasteiger partial charge in [0.15, 0.2) is 0 Å². The van der Waals surface area contributed by atoms with Gasteiger partial charge < -0.3 is 9.80 Å². The molecule has 0 aliphatic carbocycles. The van der Waals surface area contributed by atoms with Gasteiger partial charge in [-0.25, -0.2) is 0 Å². The maximum absolute atomic E-state index is 2.31. The van der Waals surface area contributed by atoms with Gasteiger partial charge in [-0.05, 0) is 53.1 Å². The molecule has 0 N–H and O–H groups in total. The van der Waals surface area contributed by atoms with Crippen LogP contribution < -0.4 is 0 Å². The van der Waals surface area contributed by atoms with E-state index in [1.54, 1.807) is 0 Å². The Kier molecular flexibility index (Phi) is 3.16. The Hall–Kier alpha value is -0.0800. The first-order valence-electron chi connectivity index (χ1n) is 4.16. The van der Waals surface area contributed by atoms with Gasteiger partial charge in [-0.2, -0.15) is 0 Å². The maximum Gasteiger partial charge on any atom is -0.000959 e. The number of likely N-dealkylation sites (tertiary alicyclic amines) is 2. The molecule has 2 heterocycles. The van der Waals surface area contributed by atoms with Crippen LogP contribution in [0.15, 0.2) is 0 Å². The van der Waals surface area contributed by atoms with Crippen LogP contribution in [-0.2, 0) is 0 Å². The molecule has 2 nitrogen and oxygen atoms in total. The summed E-state index contributed by atoms with van der Waals surface area (Å²) in [6.45, 7) is 5.28. The van der Waals surface area contributed by atoms with Crippen LogP contribution in [0, 0.1) is 0 Å². The fourth-order valence-electron chi connectivity index (χ4n) is 0.949. The number of rotatable bonds is 0. The van der Waals surface area contributed by atoms with Crippen LogP contribution in [-0.4, -0.2) is 50.1 Å². The minimum atomic E-state index is 1.32. The first kappa shape index (κ1) is 8.02. The molecule has 2 rings (SSSR count). The second kappa shape index (κ2) is 3.94. The third kappa shape index (κ3) is 2.67. The summed E-state index contributed by atoms with van der Waals surface area (Å²) in [5.41, 5.74) is 0. The molecule has 2 saturated heterocycles. The highest BCUT2D eigenvalue weighted by Gasteiger charge is 2.05. The Bertz CT molecular complexity index is 73.3. The normalized spacial score (nSPS) is 25.8. The van der Waals surface area contributed by atoms with Gasteiger partial charge in [0.05, 0.1) is 0 Å². The van der Waals surface area contributed by atoms with Gasteiger partial charge in [0.2, 0.25) is 0 Å². The van der Waals surface area contributed by atoms with Crippen LogP contribution in [0.4, 0.5) is 0 Å². The average molecular weight is 142 g/mol. The summed E-state index contributed by atoms with van der Waals surface area (Å²) >= 11 is 0. The monoisotopic (exact) mass is 142 g/mol. The third-order valence-electron chi connectivity index (χ3n) is 2.16. The van der Waals surface area contributed by atoms with Gasteiger partial charge in [-0.1, -0.05) is 0 Å². The van der Waals surface area contributed by atoms with Gasteiger partial charge in [0.25, 0.3) is 0 Å². The first-order chi connectivity index (χ1) is 4.79. The SMILES string of the molecule is CN1CCC1.CN1CCC1. The van der Waals surface area contributed by atoms with E-state index >= 15 is 0 Å². The Morgan fingerprint density at radius 2 is 0.900 bits per heavy atom. The molecule has 0 saturated carbocycles. The van der Waals surface area contributed by atoms with Crippen LogP contribution in [0.25, 0.3) is 0 Å². The molecule has 0 aromatic rings. The highest BCUT2D eigenvalue weighted by atomic mass is 15.1. The van der Waals surface area contributed by atoms with E-state index in [1.165, 1.54) is 39.0 Å². The van der Waals surface area contributed by atoms with Gasteiger partial charge in [-0.3, -0.25) is 0 Å². The van der Waals surface area contributed by atoms with Crippen LogP contribution >= 0.6 is 0 Å². The van der Waals surface area contributed by atoms with Crippen molar-refractivity contribution in [2.75, 3.05) is 40.3 Å². The lowest BCUT2D eigenvalue weighted by Crippen LogP contribution is -2.32. The van der Waals surface area contributed by atoms with E-state index < -0.39 is 0 Å². The van der Waals surface area contributed by atoms with Gasteiger partial charge in [-0.15, -0.1) is 0 Å². The van der Waals surface area contributed by atoms with Crippen molar-refractivity contribution in [1.29, 1.82) is 0 Å². The van der Waals surface area contributed by atoms with E-state index in [2.05, 4.69) is 23.9 Å². The van der Waals surface area contributed by atoms with Crippen LogP contribution in [0.2, 0.25) is 0 Å². The highest BCUT2D eigenvalue weighted by Crippen LogP contribution is 1.98. The van der Waals surface area contributed by atoms with Crippen molar-refractivity contribution < 1.29 is 0 Å². The molecule has 2 aliphatic rings. The van der Waals surface area contributed by atoms with E-state index in [9.17, 15) is 0 Å². The molecule has 0 atom stereocenters. The summed E-state index contributed by atoms with van der Waals surface area (Å²) in [7, 11) is 4.28. The largest absolute Gasteiger partial charge is 0.306 e. The number of nitrogens with zero attached hydrogens (tertiary/aromatic N) is 2. The standard InChI is InChI=1S/2C4H9N/c2*1-5-3-2-4-5/h2*2-4H2,1H3. The lowest BCUT2D eigenvalue weighted by Gasteiger charge is -2.24. The second-order valence-electron chi connectivity index (χ2n) is 3.31. The van der Waals surface area contributed by atoms with Gasteiger partial charge in [0, 0.05) is 0 Å². The predicted molar refractivity (Wildman–Crippen MR) is 44.2 cm³/mol. The molecular formula is C8H18N2. The number of hydrogen-bond acceptors (Lipinski definition) is 2. The molecule has 2 aliphatic heterocycles. The lowest BCUT2D eigenvalue weighted by atomic mass is 10.2. The predicted octanol–water partition coefficient (Wildman–Crippen LogP) is 0.644. The third-order valence-corrected chi connectivity index (χ3v) is 2.16. The van der Waals surface area contributed by atoms with Crippen molar-refractivity contribution in [2.45, 2.75) is 12.8 Å². The molecule has 0 spiro atoms. The van der Waals surface area contributed by atoms with Gasteiger partial charge >= 0.3 is 0 Å². The first-order valence-corrected chi connectivity index (χ1v) is 4.16. The summed E-state index contributed by atoms with van der Waals surface area (Å²) in [5.74, 6) is 0. The second-order valence-corrected chi connectivity index (χ2v) is 3.31. The highest BCUT2D eigenvalue weighted by molar-refractivity contribution is 4.61. The Morgan fingerprint density at radius 3 is 0.900 bits per heavy atom. The van der Waals surface area contributed by atoms with E-state index in [0.29, 0.717) is 0 Å². The summed E-state index contributed by atoms with van der Waals surface area (Å²) in [6, 6.07) is 0. The minimum absolute atomic E-state index is 1.32. The average Bonchev–Trinajstić information content (AvgIpc) is 1.80. The molecule has 10 heavy (non-hydrogen) atoms. The molecular weight excluding hydrogens is 124 g/mol. The van der Waals surface area contributed by atoms with Crippen LogP contribution in [0.1, 0.15) is 12.8 Å². The summed E-state index contributed by atoms with van der Waals surface area (Å²) in [4.78, 5) is 4.61. The molecule has 0 bridgehead atoms. The number of hydrogen-bond donors (Lipinski definition) is 0. The molecule has 0 amide bonds. The van der Waals surface area contributed by atoms with Crippen LogP contribution in [0.5, 0.6) is 0 Å². The summed E-state index contributed by atoms with van der Waals surface area (Å²) in [6.07, 6.45) is 2.83. The summed E-state index contributed by atoms with van der Waals surface area (Å²) < 4.78 is 0. The van der Waals surface area contributed by atoms with Gasteiger partial charge in [0.1, 0.15) is 0 Å². The Morgan fingerprint density at radius 1 is 0.700 bits per heavy atom. The van der Waals surface area contributed by atoms with Crippen molar-refractivity contribution >= 4 is 0 Å². The molecule has 0 unspecified atom stereocenters. The van der Waals surface area contributed by atoms with Crippen LogP contribution in [0.3, 0.4) is 0 Å². The lowest BCUT2D eigenvalue weighted by molar-refractivity contribution is 0.229. The molecule has 60 valence electrons. The molecule has 2 heteroatoms. The topological polar surface area (TPSA) is 6.48 Å². The minimum Gasteiger partial charge on any atom is -0.306 e. The van der Waals surface area contributed by atoms with Crippen molar-refractivity contribution in [3.63, 3.8) is 0 Å². The quantitative estimate of drug-likeness (QED) is 0.490.